The minimum Gasteiger partial charge on any atom is -0.379 e. The molecule has 11 heteroatoms. The number of amides is 2. The van der Waals surface area contributed by atoms with Gasteiger partial charge in [0.1, 0.15) is 6.04 Å². The number of carbonyl (C=O) groups is 2. The van der Waals surface area contributed by atoms with Crippen molar-refractivity contribution in [2.45, 2.75) is 32.0 Å². The average Bonchev–Trinajstić information content (AvgIpc) is 3.40. The first-order valence-corrected chi connectivity index (χ1v) is 13.5. The number of nitro benzene ring substituents is 1. The molecule has 2 fully saturated rings. The molecule has 0 bridgehead atoms. The van der Waals surface area contributed by atoms with Crippen LogP contribution in [0.2, 0.25) is 0 Å². The number of benzene rings is 2. The number of hydrogen-bond acceptors (Lipinski definition) is 8. The number of nitrogens with zero attached hydrogens (tertiary/aromatic N) is 4. The zero-order chi connectivity index (χ0) is 27.8. The Morgan fingerprint density at radius 3 is 2.46 bits per heavy atom. The van der Waals surface area contributed by atoms with Gasteiger partial charge in [-0.3, -0.25) is 29.5 Å². The highest BCUT2D eigenvalue weighted by molar-refractivity contribution is 5.98. The van der Waals surface area contributed by atoms with E-state index in [9.17, 15) is 19.7 Å². The Morgan fingerprint density at radius 2 is 1.82 bits per heavy atom. The van der Waals surface area contributed by atoms with E-state index in [0.29, 0.717) is 51.4 Å². The molecule has 2 unspecified atom stereocenters. The van der Waals surface area contributed by atoms with Gasteiger partial charge in [0.15, 0.2) is 0 Å². The van der Waals surface area contributed by atoms with Gasteiger partial charge < -0.3 is 20.7 Å². The first-order valence-electron chi connectivity index (χ1n) is 13.5. The molecule has 2 aliphatic heterocycles. The van der Waals surface area contributed by atoms with Gasteiger partial charge in [-0.05, 0) is 31.0 Å². The van der Waals surface area contributed by atoms with E-state index in [1.807, 2.05) is 19.1 Å². The lowest BCUT2D eigenvalue weighted by molar-refractivity contribution is -0.384. The predicted octanol–water partition coefficient (Wildman–Crippen LogP) is 1.40. The lowest BCUT2D eigenvalue weighted by Gasteiger charge is -2.33. The number of non-ortho nitro benzene ring substituents is 1. The smallest absolute Gasteiger partial charge is 0.269 e. The lowest BCUT2D eigenvalue weighted by atomic mass is 10.1. The minimum atomic E-state index is -0.613. The summed E-state index contributed by atoms with van der Waals surface area (Å²) in [6, 6.07) is 13.3. The Hall–Kier alpha value is -3.38. The predicted molar refractivity (Wildman–Crippen MR) is 147 cm³/mol. The maximum atomic E-state index is 13.6. The Kier molecular flexibility index (Phi) is 9.99. The Morgan fingerprint density at radius 1 is 1.13 bits per heavy atom. The summed E-state index contributed by atoms with van der Waals surface area (Å²) in [5.41, 5.74) is 8.21. The molecule has 39 heavy (non-hydrogen) atoms. The van der Waals surface area contributed by atoms with E-state index in [0.717, 1.165) is 37.3 Å². The van der Waals surface area contributed by atoms with E-state index in [1.165, 1.54) is 12.1 Å². The van der Waals surface area contributed by atoms with Gasteiger partial charge in [0.05, 0.1) is 18.1 Å². The van der Waals surface area contributed by atoms with Crippen molar-refractivity contribution >= 4 is 17.5 Å². The van der Waals surface area contributed by atoms with E-state index >= 15 is 0 Å². The van der Waals surface area contributed by atoms with Gasteiger partial charge in [0, 0.05) is 76.1 Å². The van der Waals surface area contributed by atoms with Gasteiger partial charge in [-0.25, -0.2) is 0 Å². The molecule has 4 rings (SSSR count). The summed E-state index contributed by atoms with van der Waals surface area (Å²) in [5, 5.41) is 14.0. The molecule has 2 atom stereocenters. The molecule has 2 saturated heterocycles. The van der Waals surface area contributed by atoms with Crippen LogP contribution in [0.25, 0.3) is 0 Å². The topological polar surface area (TPSA) is 134 Å². The van der Waals surface area contributed by atoms with E-state index in [1.54, 1.807) is 29.2 Å². The number of nitrogens with one attached hydrogen (secondary N) is 1. The molecule has 0 aliphatic carbocycles. The number of rotatable bonds is 11. The van der Waals surface area contributed by atoms with Crippen molar-refractivity contribution < 1.29 is 19.2 Å². The van der Waals surface area contributed by atoms with E-state index < -0.39 is 11.0 Å². The number of nitrogens with two attached hydrogens (primary N) is 1. The van der Waals surface area contributed by atoms with Crippen LogP contribution in [0.3, 0.4) is 0 Å². The number of ether oxygens (including phenoxy) is 1. The maximum absolute atomic E-state index is 13.6. The Labute approximate surface area is 229 Å². The molecule has 0 saturated carbocycles. The van der Waals surface area contributed by atoms with Crippen LogP contribution in [0.4, 0.5) is 5.69 Å². The third kappa shape index (κ3) is 7.60. The van der Waals surface area contributed by atoms with Gasteiger partial charge in [-0.1, -0.05) is 29.8 Å². The van der Waals surface area contributed by atoms with Crippen LogP contribution >= 0.6 is 0 Å². The normalized spacial score (nSPS) is 19.8. The highest BCUT2D eigenvalue weighted by Crippen LogP contribution is 2.27. The summed E-state index contributed by atoms with van der Waals surface area (Å²) >= 11 is 0. The van der Waals surface area contributed by atoms with Gasteiger partial charge in [-0.2, -0.15) is 0 Å². The molecular formula is C28H38N6O5. The van der Waals surface area contributed by atoms with Crippen molar-refractivity contribution in [3.8, 4) is 0 Å². The zero-order valence-electron chi connectivity index (χ0n) is 22.5. The monoisotopic (exact) mass is 538 g/mol. The molecule has 0 aromatic heterocycles. The second-order valence-electron chi connectivity index (χ2n) is 10.2. The molecule has 210 valence electrons. The van der Waals surface area contributed by atoms with Crippen molar-refractivity contribution in [3.63, 3.8) is 0 Å². The quantitative estimate of drug-likeness (QED) is 0.324. The minimum absolute atomic E-state index is 0.0472. The van der Waals surface area contributed by atoms with Crippen LogP contribution in [-0.4, -0.2) is 103 Å². The van der Waals surface area contributed by atoms with Crippen molar-refractivity contribution in [2.24, 2.45) is 5.73 Å². The molecule has 0 radical (unpaired) electrons. The summed E-state index contributed by atoms with van der Waals surface area (Å²) in [4.78, 5) is 43.8. The number of morpholine rings is 1. The highest BCUT2D eigenvalue weighted by Gasteiger charge is 2.42. The summed E-state index contributed by atoms with van der Waals surface area (Å²) in [6.45, 7) is 8.26. The van der Waals surface area contributed by atoms with Crippen molar-refractivity contribution in [3.05, 3.63) is 75.3 Å². The van der Waals surface area contributed by atoms with Gasteiger partial charge >= 0.3 is 0 Å². The van der Waals surface area contributed by atoms with Crippen LogP contribution in [0.5, 0.6) is 0 Å². The van der Waals surface area contributed by atoms with Crippen LogP contribution in [0, 0.1) is 17.0 Å². The summed E-state index contributed by atoms with van der Waals surface area (Å²) in [7, 11) is 0. The second kappa shape index (κ2) is 13.6. The number of aryl methyl sites for hydroxylation is 1. The lowest BCUT2D eigenvalue weighted by Crippen LogP contribution is -2.47. The largest absolute Gasteiger partial charge is 0.379 e. The van der Waals surface area contributed by atoms with Gasteiger partial charge in [-0.15, -0.1) is 0 Å². The van der Waals surface area contributed by atoms with Crippen molar-refractivity contribution in [1.82, 2.24) is 20.0 Å². The summed E-state index contributed by atoms with van der Waals surface area (Å²) in [5.74, 6) is -0.374. The summed E-state index contributed by atoms with van der Waals surface area (Å²) in [6.07, 6.45) is 0.490. The van der Waals surface area contributed by atoms with Crippen molar-refractivity contribution in [2.75, 3.05) is 59.0 Å². The molecular weight excluding hydrogens is 500 g/mol. The Bertz CT molecular complexity index is 1120. The first kappa shape index (κ1) is 28.6. The SMILES string of the molecule is Cc1ccc(C(=O)N2CC(N(CCN3CCOCC3)Cc3ccc([N+](=O)[O-])cc3)CC2C(=O)NCCN)cc1. The fraction of sp³-hybridized carbons (Fsp3) is 0.500. The van der Waals surface area contributed by atoms with Crippen molar-refractivity contribution in [1.29, 1.82) is 0 Å². The van der Waals surface area contributed by atoms with Gasteiger partial charge in [0.25, 0.3) is 11.6 Å². The third-order valence-corrected chi connectivity index (χ3v) is 7.44. The van der Waals surface area contributed by atoms with E-state index in [-0.39, 0.29) is 23.5 Å². The van der Waals surface area contributed by atoms with Crippen LogP contribution < -0.4 is 11.1 Å². The molecule has 2 aliphatic rings. The van der Waals surface area contributed by atoms with Gasteiger partial charge in [0.2, 0.25) is 5.91 Å². The summed E-state index contributed by atoms with van der Waals surface area (Å²) < 4.78 is 5.49. The molecule has 0 spiro atoms. The number of nitro groups is 1. The van der Waals surface area contributed by atoms with Crippen LogP contribution in [-0.2, 0) is 16.1 Å². The maximum Gasteiger partial charge on any atom is 0.269 e. The third-order valence-electron chi connectivity index (χ3n) is 7.44. The fourth-order valence-electron chi connectivity index (χ4n) is 5.17. The number of likely N-dealkylation sites (tertiary alicyclic amines) is 1. The van der Waals surface area contributed by atoms with Crippen LogP contribution in [0.1, 0.15) is 27.9 Å². The fourth-order valence-corrected chi connectivity index (χ4v) is 5.17. The Balaban J connectivity index is 1.56. The molecule has 2 aromatic rings. The molecule has 2 amide bonds. The molecule has 2 heterocycles. The van der Waals surface area contributed by atoms with E-state index in [2.05, 4.69) is 15.1 Å². The highest BCUT2D eigenvalue weighted by atomic mass is 16.6. The molecule has 3 N–H and O–H groups in total. The zero-order valence-corrected chi connectivity index (χ0v) is 22.5. The standard InChI is InChI=1S/C28H38N6O5/c1-21-2-6-23(7-3-21)28(36)33-20-25(18-26(33)27(35)30-11-10-29)32(13-12-31-14-16-39-17-15-31)19-22-4-8-24(9-5-22)34(37)38/h2-9,25-26H,10-20,29H2,1H3,(H,30,35). The molecule has 2 aromatic carbocycles. The molecule has 11 nitrogen and oxygen atoms in total. The number of hydrogen-bond donors (Lipinski definition) is 2. The average molecular weight is 539 g/mol. The van der Waals surface area contributed by atoms with Crippen LogP contribution in [0.15, 0.2) is 48.5 Å². The second-order valence-corrected chi connectivity index (χ2v) is 10.2. The number of carbonyl (C=O) groups excluding carboxylic acids is 2. The van der Waals surface area contributed by atoms with E-state index in [4.69, 9.17) is 10.5 Å². The first-order chi connectivity index (χ1) is 18.9.